The van der Waals surface area contributed by atoms with Gasteiger partial charge in [-0.05, 0) is 77.3 Å². The number of methoxy groups -OCH3 is 2. The highest BCUT2D eigenvalue weighted by Crippen LogP contribution is 2.45. The van der Waals surface area contributed by atoms with E-state index in [1.54, 1.807) is 38.5 Å². The summed E-state index contributed by atoms with van der Waals surface area (Å²) in [5, 5.41) is 14.6. The largest absolute Gasteiger partial charge is 0.497 e. The number of hydrogen-bond acceptors (Lipinski definition) is 9. The Morgan fingerprint density at radius 2 is 1.35 bits per heavy atom. The second-order valence-electron chi connectivity index (χ2n) is 15.0. The van der Waals surface area contributed by atoms with Crippen molar-refractivity contribution in [1.29, 1.82) is 0 Å². The number of hydrogen-bond donors (Lipinski definition) is 2. The molecule has 4 aromatic carbocycles. The van der Waals surface area contributed by atoms with Crippen molar-refractivity contribution in [2.45, 2.75) is 69.0 Å². The lowest BCUT2D eigenvalue weighted by Crippen LogP contribution is -2.49. The highest BCUT2D eigenvalue weighted by molar-refractivity contribution is 6.74. The smallest absolute Gasteiger partial charge is 0.351 e. The molecule has 4 atom stereocenters. The molecule has 1 fully saturated rings. The van der Waals surface area contributed by atoms with Crippen LogP contribution in [0, 0.1) is 0 Å². The third-order valence-corrected chi connectivity index (χ3v) is 15.0. The minimum Gasteiger partial charge on any atom is -0.497 e. The third kappa shape index (κ3) is 8.29. The predicted octanol–water partition coefficient (Wildman–Crippen LogP) is 7.17. The van der Waals surface area contributed by atoms with E-state index in [0.29, 0.717) is 17.1 Å². The first-order valence-electron chi connectivity index (χ1n) is 18.2. The zero-order valence-corrected chi connectivity index (χ0v) is 33.3. The molecular formula is C43H49N3O8Si. The summed E-state index contributed by atoms with van der Waals surface area (Å²) in [6.45, 7) is 10.4. The number of carbonyl (C=O) groups is 1. The van der Waals surface area contributed by atoms with Crippen molar-refractivity contribution in [2.75, 3.05) is 26.1 Å². The fraction of sp³-hybridized carbons (Fsp3) is 0.326. The average molecular weight is 764 g/mol. The molecule has 55 heavy (non-hydrogen) atoms. The highest BCUT2D eigenvalue weighted by Gasteiger charge is 2.51. The first-order valence-corrected chi connectivity index (χ1v) is 21.1. The normalized spacial score (nSPS) is 18.8. The lowest BCUT2D eigenvalue weighted by Gasteiger charge is -2.40. The van der Waals surface area contributed by atoms with Gasteiger partial charge in [0.05, 0.1) is 20.8 Å². The van der Waals surface area contributed by atoms with Crippen LogP contribution in [0.25, 0.3) is 0 Å². The van der Waals surface area contributed by atoms with E-state index in [1.807, 2.05) is 84.9 Å². The van der Waals surface area contributed by atoms with Gasteiger partial charge in [-0.25, -0.2) is 4.79 Å². The SMILES string of the molecule is COc1ccc(C(OC[C@H]2O[C@@H](n3ccc(NC(=O)c4ccccc4)nc3=O)[C@@H](O[Si](C)(C)C(C)(C)C)[C@H]2O)(c2ccccc2)c2ccc(OC)cc2)cc1. The Hall–Kier alpha value is -5.11. The van der Waals surface area contributed by atoms with Crippen molar-refractivity contribution in [3.63, 3.8) is 0 Å². The zero-order chi connectivity index (χ0) is 39.4. The topological polar surface area (TPSA) is 130 Å². The summed E-state index contributed by atoms with van der Waals surface area (Å²) in [5.41, 5.74) is 1.05. The van der Waals surface area contributed by atoms with Crippen LogP contribution in [0.5, 0.6) is 11.5 Å². The number of rotatable bonds is 13. The summed E-state index contributed by atoms with van der Waals surface area (Å²) in [4.78, 5) is 30.7. The van der Waals surface area contributed by atoms with Gasteiger partial charge in [-0.15, -0.1) is 0 Å². The van der Waals surface area contributed by atoms with Gasteiger partial charge in [0, 0.05) is 11.8 Å². The second-order valence-corrected chi connectivity index (χ2v) is 19.8. The van der Waals surface area contributed by atoms with E-state index >= 15 is 0 Å². The van der Waals surface area contributed by atoms with Gasteiger partial charge in [-0.3, -0.25) is 9.36 Å². The molecule has 6 rings (SSSR count). The van der Waals surface area contributed by atoms with Gasteiger partial charge in [0.1, 0.15) is 41.2 Å². The maximum absolute atomic E-state index is 13.7. The van der Waals surface area contributed by atoms with Crippen molar-refractivity contribution in [1.82, 2.24) is 9.55 Å². The molecule has 0 bridgehead atoms. The summed E-state index contributed by atoms with van der Waals surface area (Å²) in [5.74, 6) is 1.06. The van der Waals surface area contributed by atoms with Gasteiger partial charge < -0.3 is 33.8 Å². The van der Waals surface area contributed by atoms with Crippen LogP contribution < -0.4 is 20.5 Å². The molecule has 0 unspecified atom stereocenters. The number of benzene rings is 4. The van der Waals surface area contributed by atoms with Crippen LogP contribution in [-0.4, -0.2) is 68.0 Å². The van der Waals surface area contributed by atoms with Crippen molar-refractivity contribution >= 4 is 20.0 Å². The number of carbonyl (C=O) groups excluding carboxylic acids is 1. The number of aromatic nitrogens is 2. The number of ether oxygens (including phenoxy) is 4. The molecule has 0 aliphatic carbocycles. The van der Waals surface area contributed by atoms with Crippen molar-refractivity contribution in [3.05, 3.63) is 154 Å². The molecule has 1 aromatic heterocycles. The van der Waals surface area contributed by atoms with Crippen molar-refractivity contribution < 1.29 is 33.3 Å². The van der Waals surface area contributed by atoms with E-state index in [9.17, 15) is 14.7 Å². The molecule has 1 aliphatic heterocycles. The Balaban J connectivity index is 1.38. The molecule has 2 heterocycles. The second kappa shape index (κ2) is 16.3. The van der Waals surface area contributed by atoms with Crippen LogP contribution in [0.2, 0.25) is 18.1 Å². The summed E-state index contributed by atoms with van der Waals surface area (Å²) >= 11 is 0. The summed E-state index contributed by atoms with van der Waals surface area (Å²) in [6, 6.07) is 35.4. The molecule has 288 valence electrons. The van der Waals surface area contributed by atoms with Crippen LogP contribution in [0.3, 0.4) is 0 Å². The molecule has 0 radical (unpaired) electrons. The van der Waals surface area contributed by atoms with E-state index in [1.165, 1.54) is 16.8 Å². The molecule has 1 amide bonds. The van der Waals surface area contributed by atoms with Crippen LogP contribution >= 0.6 is 0 Å². The maximum atomic E-state index is 13.7. The van der Waals surface area contributed by atoms with Crippen molar-refractivity contribution in [3.8, 4) is 11.5 Å². The Bertz CT molecular complexity index is 2060. The Labute approximate surface area is 323 Å². The molecule has 2 N–H and O–H groups in total. The molecule has 1 aliphatic rings. The van der Waals surface area contributed by atoms with Gasteiger partial charge in [0.25, 0.3) is 5.91 Å². The van der Waals surface area contributed by atoms with Gasteiger partial charge in [-0.1, -0.05) is 93.6 Å². The standard InChI is InChI=1S/C43H49N3O8Si/c1-42(2,3)55(6,7)54-38-37(47)35(53-40(38)46-27-26-36(45-41(46)49)44-39(48)29-14-10-8-11-15-29)28-52-43(30-16-12-9-13-17-30,31-18-22-33(50-4)23-19-31)32-20-24-34(51-5)25-21-32/h8-27,35,37-38,40,47H,28H2,1-7H3,(H,44,45,48,49)/t35-,37+,38+,40-/m1/s1. The predicted molar refractivity (Wildman–Crippen MR) is 213 cm³/mol. The fourth-order valence-electron chi connectivity index (χ4n) is 6.46. The van der Waals surface area contributed by atoms with E-state index in [0.717, 1.165) is 16.7 Å². The van der Waals surface area contributed by atoms with Crippen LogP contribution in [-0.2, 0) is 19.5 Å². The first kappa shape index (κ1) is 39.6. The average Bonchev–Trinajstić information content (AvgIpc) is 3.48. The summed E-state index contributed by atoms with van der Waals surface area (Å²) in [7, 11) is 0.698. The minimum atomic E-state index is -2.54. The molecule has 0 saturated carbocycles. The summed E-state index contributed by atoms with van der Waals surface area (Å²) in [6.07, 6.45) is -2.61. The van der Waals surface area contributed by atoms with Gasteiger partial charge >= 0.3 is 5.69 Å². The monoisotopic (exact) mass is 763 g/mol. The van der Waals surface area contributed by atoms with Crippen molar-refractivity contribution in [2.24, 2.45) is 0 Å². The van der Waals surface area contributed by atoms with E-state index in [4.69, 9.17) is 23.4 Å². The minimum absolute atomic E-state index is 0.0852. The number of nitrogens with zero attached hydrogens (tertiary/aromatic N) is 2. The lowest BCUT2D eigenvalue weighted by molar-refractivity contribution is -0.0956. The zero-order valence-electron chi connectivity index (χ0n) is 32.3. The molecule has 1 saturated heterocycles. The molecule has 5 aromatic rings. The van der Waals surface area contributed by atoms with Crippen LogP contribution in [0.4, 0.5) is 5.82 Å². The molecule has 12 heteroatoms. The number of aliphatic hydroxyl groups excluding tert-OH is 1. The lowest BCUT2D eigenvalue weighted by atomic mass is 9.80. The number of amides is 1. The Morgan fingerprint density at radius 3 is 1.85 bits per heavy atom. The highest BCUT2D eigenvalue weighted by atomic mass is 28.4. The molecule has 0 spiro atoms. The first-order chi connectivity index (χ1) is 26.3. The van der Waals surface area contributed by atoms with E-state index < -0.39 is 50.1 Å². The quantitative estimate of drug-likeness (QED) is 0.0947. The third-order valence-electron chi connectivity index (χ3n) is 10.6. The Morgan fingerprint density at radius 1 is 0.818 bits per heavy atom. The molecular weight excluding hydrogens is 715 g/mol. The van der Waals surface area contributed by atoms with E-state index in [2.05, 4.69) is 44.2 Å². The molecule has 11 nitrogen and oxygen atoms in total. The van der Waals surface area contributed by atoms with Crippen LogP contribution in [0.15, 0.2) is 126 Å². The van der Waals surface area contributed by atoms with Gasteiger partial charge in [0.15, 0.2) is 14.5 Å². The Kier molecular flexibility index (Phi) is 11.7. The van der Waals surface area contributed by atoms with Gasteiger partial charge in [-0.2, -0.15) is 4.98 Å². The maximum Gasteiger partial charge on any atom is 0.351 e. The van der Waals surface area contributed by atoms with Crippen LogP contribution in [0.1, 0.15) is 54.0 Å². The fourth-order valence-corrected chi connectivity index (χ4v) is 7.75. The van der Waals surface area contributed by atoms with Gasteiger partial charge in [0.2, 0.25) is 0 Å². The number of nitrogens with one attached hydrogen (secondary N) is 1. The van der Waals surface area contributed by atoms with E-state index in [-0.39, 0.29) is 17.5 Å². The number of anilines is 1. The number of aliphatic hydroxyl groups is 1. The summed E-state index contributed by atoms with van der Waals surface area (Å²) < 4.78 is 32.8.